The fourth-order valence-electron chi connectivity index (χ4n) is 1.69. The number of benzene rings is 2. The Balaban J connectivity index is 2.45. The summed E-state index contributed by atoms with van der Waals surface area (Å²) < 4.78 is 53.7. The van der Waals surface area contributed by atoms with Crippen molar-refractivity contribution in [3.63, 3.8) is 0 Å². The Labute approximate surface area is 129 Å². The van der Waals surface area contributed by atoms with Gasteiger partial charge in [-0.25, -0.2) is 17.2 Å². The maximum Gasteiger partial charge on any atom is 0.264 e. The highest BCUT2D eigenvalue weighted by molar-refractivity contribution is 9.10. The molecule has 2 aromatic carbocycles. The normalized spacial score (nSPS) is 11.4. The minimum absolute atomic E-state index is 0.101. The lowest BCUT2D eigenvalue weighted by Crippen LogP contribution is -2.15. The zero-order chi connectivity index (χ0) is 15.8. The van der Waals surface area contributed by atoms with E-state index in [2.05, 4.69) is 20.7 Å². The molecule has 0 fully saturated rings. The molecule has 0 radical (unpaired) electrons. The summed E-state index contributed by atoms with van der Waals surface area (Å²) in [6, 6.07) is 5.71. The van der Waals surface area contributed by atoms with Gasteiger partial charge in [0.1, 0.15) is 16.5 Å². The number of nitrogens with two attached hydrogens (primary N) is 1. The molecule has 2 aromatic rings. The van der Waals surface area contributed by atoms with Gasteiger partial charge in [-0.1, -0.05) is 0 Å². The fraction of sp³-hybridized carbons (Fsp3) is 0.0769. The Morgan fingerprint density at radius 1 is 1.14 bits per heavy atom. The van der Waals surface area contributed by atoms with Crippen LogP contribution in [0.2, 0.25) is 0 Å². The first-order chi connectivity index (χ1) is 9.70. The van der Waals surface area contributed by atoms with Crippen LogP contribution in [0.5, 0.6) is 0 Å². The molecule has 0 bridgehead atoms. The molecule has 3 N–H and O–H groups in total. The molecule has 2 rings (SSSR count). The standard InChI is InChI=1S/C13H11BrF2N2O2S/c1-7-4-10(15)9(14)6-12(7)18-21(19,20)13-3-2-8(17)5-11(13)16/h2-6,18H,17H2,1H3. The zero-order valence-corrected chi connectivity index (χ0v) is 13.2. The van der Waals surface area contributed by atoms with E-state index in [1.807, 2.05) is 0 Å². The first-order valence-corrected chi connectivity index (χ1v) is 8.02. The van der Waals surface area contributed by atoms with E-state index in [0.717, 1.165) is 12.1 Å². The molecule has 21 heavy (non-hydrogen) atoms. The van der Waals surface area contributed by atoms with E-state index in [1.165, 1.54) is 25.1 Å². The van der Waals surface area contributed by atoms with E-state index in [4.69, 9.17) is 5.73 Å². The first kappa shape index (κ1) is 15.7. The zero-order valence-electron chi connectivity index (χ0n) is 10.8. The highest BCUT2D eigenvalue weighted by atomic mass is 79.9. The van der Waals surface area contributed by atoms with Crippen LogP contribution in [0, 0.1) is 18.6 Å². The molecule has 0 aliphatic heterocycles. The van der Waals surface area contributed by atoms with E-state index in [1.54, 1.807) is 0 Å². The Bertz CT molecular complexity index is 810. The van der Waals surface area contributed by atoms with E-state index >= 15 is 0 Å². The summed E-state index contributed by atoms with van der Waals surface area (Å²) in [5, 5.41) is 0. The van der Waals surface area contributed by atoms with Crippen molar-refractivity contribution in [2.75, 3.05) is 10.5 Å². The van der Waals surface area contributed by atoms with Crippen LogP contribution in [0.3, 0.4) is 0 Å². The van der Waals surface area contributed by atoms with Crippen molar-refractivity contribution in [3.05, 3.63) is 52.0 Å². The summed E-state index contributed by atoms with van der Waals surface area (Å²) in [6.45, 7) is 1.53. The number of anilines is 2. The quantitative estimate of drug-likeness (QED) is 0.806. The number of aryl methyl sites for hydroxylation is 1. The van der Waals surface area contributed by atoms with Crippen LogP contribution in [0.1, 0.15) is 5.56 Å². The summed E-state index contributed by atoms with van der Waals surface area (Å²) in [7, 11) is -4.14. The van der Waals surface area contributed by atoms with Crippen molar-refractivity contribution in [2.24, 2.45) is 0 Å². The molecule has 0 heterocycles. The minimum atomic E-state index is -4.14. The number of hydrogen-bond donors (Lipinski definition) is 2. The number of hydrogen-bond acceptors (Lipinski definition) is 3. The van der Waals surface area contributed by atoms with Crippen molar-refractivity contribution in [3.8, 4) is 0 Å². The van der Waals surface area contributed by atoms with Crippen molar-refractivity contribution in [1.29, 1.82) is 0 Å². The van der Waals surface area contributed by atoms with Gasteiger partial charge in [-0.3, -0.25) is 4.72 Å². The van der Waals surface area contributed by atoms with Crippen LogP contribution in [0.4, 0.5) is 20.2 Å². The number of sulfonamides is 1. The molecular weight excluding hydrogens is 366 g/mol. The summed E-state index contributed by atoms with van der Waals surface area (Å²) in [5.74, 6) is -1.48. The molecule has 0 unspecified atom stereocenters. The topological polar surface area (TPSA) is 72.2 Å². The SMILES string of the molecule is Cc1cc(F)c(Br)cc1NS(=O)(=O)c1ccc(N)cc1F. The Hall–Kier alpha value is -1.67. The van der Waals surface area contributed by atoms with Crippen molar-refractivity contribution in [2.45, 2.75) is 11.8 Å². The summed E-state index contributed by atoms with van der Waals surface area (Å²) >= 11 is 2.97. The second kappa shape index (κ2) is 5.61. The molecule has 0 saturated heterocycles. The third-order valence-electron chi connectivity index (χ3n) is 2.76. The van der Waals surface area contributed by atoms with Gasteiger partial charge in [0.15, 0.2) is 0 Å². The molecule has 112 valence electrons. The second-order valence-electron chi connectivity index (χ2n) is 4.38. The Morgan fingerprint density at radius 3 is 2.43 bits per heavy atom. The lowest BCUT2D eigenvalue weighted by Gasteiger charge is -2.12. The Morgan fingerprint density at radius 2 is 1.81 bits per heavy atom. The molecule has 0 atom stereocenters. The van der Waals surface area contributed by atoms with Gasteiger partial charge >= 0.3 is 0 Å². The number of halogens is 3. The van der Waals surface area contributed by atoms with E-state index in [-0.39, 0.29) is 15.8 Å². The van der Waals surface area contributed by atoms with Crippen molar-refractivity contribution >= 4 is 37.3 Å². The van der Waals surface area contributed by atoms with Gasteiger partial charge in [0.2, 0.25) is 0 Å². The molecule has 0 saturated carbocycles. The van der Waals surface area contributed by atoms with Crippen LogP contribution < -0.4 is 10.5 Å². The van der Waals surface area contributed by atoms with Crippen LogP contribution in [0.15, 0.2) is 39.7 Å². The molecule has 4 nitrogen and oxygen atoms in total. The van der Waals surface area contributed by atoms with Crippen LogP contribution in [-0.2, 0) is 10.0 Å². The lowest BCUT2D eigenvalue weighted by molar-refractivity contribution is 0.570. The minimum Gasteiger partial charge on any atom is -0.399 e. The van der Waals surface area contributed by atoms with Gasteiger partial charge in [-0.15, -0.1) is 0 Å². The van der Waals surface area contributed by atoms with Crippen molar-refractivity contribution < 1.29 is 17.2 Å². The predicted molar refractivity (Wildman–Crippen MR) is 80.5 cm³/mol. The molecule has 0 aliphatic carbocycles. The number of nitrogens with one attached hydrogen (secondary N) is 1. The maximum absolute atomic E-state index is 13.7. The average Bonchev–Trinajstić information content (AvgIpc) is 2.35. The second-order valence-corrected chi connectivity index (χ2v) is 6.88. The van der Waals surface area contributed by atoms with Gasteiger partial charge in [-0.2, -0.15) is 0 Å². The largest absolute Gasteiger partial charge is 0.399 e. The summed E-state index contributed by atoms with van der Waals surface area (Å²) in [4.78, 5) is -0.531. The Kier molecular flexibility index (Phi) is 4.20. The van der Waals surface area contributed by atoms with Gasteiger partial charge in [0.05, 0.1) is 10.2 Å². The number of nitrogen functional groups attached to an aromatic ring is 1. The molecule has 0 amide bonds. The van der Waals surface area contributed by atoms with Gasteiger partial charge in [0.25, 0.3) is 10.0 Å². The van der Waals surface area contributed by atoms with Crippen LogP contribution in [-0.4, -0.2) is 8.42 Å². The van der Waals surface area contributed by atoms with E-state index < -0.39 is 26.6 Å². The molecule has 0 aromatic heterocycles. The van der Waals surface area contributed by atoms with Crippen LogP contribution in [0.25, 0.3) is 0 Å². The molecule has 0 spiro atoms. The summed E-state index contributed by atoms with van der Waals surface area (Å²) in [5.41, 5.74) is 6.02. The monoisotopic (exact) mass is 376 g/mol. The third-order valence-corrected chi connectivity index (χ3v) is 4.76. The molecular formula is C13H11BrF2N2O2S. The van der Waals surface area contributed by atoms with E-state index in [0.29, 0.717) is 5.56 Å². The fourth-order valence-corrected chi connectivity index (χ4v) is 3.22. The number of rotatable bonds is 3. The van der Waals surface area contributed by atoms with E-state index in [9.17, 15) is 17.2 Å². The molecule has 8 heteroatoms. The average molecular weight is 377 g/mol. The van der Waals surface area contributed by atoms with Crippen LogP contribution >= 0.6 is 15.9 Å². The highest BCUT2D eigenvalue weighted by Crippen LogP contribution is 2.27. The predicted octanol–water partition coefficient (Wildman–Crippen LogP) is 3.42. The highest BCUT2D eigenvalue weighted by Gasteiger charge is 2.20. The van der Waals surface area contributed by atoms with Gasteiger partial charge < -0.3 is 5.73 Å². The maximum atomic E-state index is 13.7. The first-order valence-electron chi connectivity index (χ1n) is 5.74. The third kappa shape index (κ3) is 3.33. The van der Waals surface area contributed by atoms with Gasteiger partial charge in [-0.05, 0) is 58.7 Å². The lowest BCUT2D eigenvalue weighted by atomic mass is 10.2. The molecule has 0 aliphatic rings. The van der Waals surface area contributed by atoms with Crippen molar-refractivity contribution in [1.82, 2.24) is 0 Å². The van der Waals surface area contributed by atoms with Gasteiger partial charge in [0, 0.05) is 5.69 Å². The smallest absolute Gasteiger partial charge is 0.264 e. The summed E-state index contributed by atoms with van der Waals surface area (Å²) in [6.07, 6.45) is 0.